The van der Waals surface area contributed by atoms with Crippen LogP contribution in [0, 0.1) is 6.92 Å². The average molecular weight is 386 g/mol. The number of amides is 1. The van der Waals surface area contributed by atoms with Crippen LogP contribution in [0.1, 0.15) is 40.5 Å². The molecule has 5 rings (SSSR count). The first-order chi connectivity index (χ1) is 14.2. The number of carbonyl (C=O) groups excluding carboxylic acids is 1. The molecule has 0 unspecified atom stereocenters. The summed E-state index contributed by atoms with van der Waals surface area (Å²) in [7, 11) is 0. The van der Waals surface area contributed by atoms with E-state index in [9.17, 15) is 4.79 Å². The van der Waals surface area contributed by atoms with E-state index in [0.717, 1.165) is 47.5 Å². The molecule has 1 aliphatic heterocycles. The average Bonchev–Trinajstić information content (AvgIpc) is 3.44. The molecule has 7 nitrogen and oxygen atoms in total. The number of hydrogen-bond acceptors (Lipinski definition) is 4. The van der Waals surface area contributed by atoms with Gasteiger partial charge in [-0.1, -0.05) is 30.3 Å². The zero-order chi connectivity index (χ0) is 19.8. The van der Waals surface area contributed by atoms with Gasteiger partial charge in [0.1, 0.15) is 0 Å². The number of hydrogen-bond donors (Lipinski definition) is 1. The quantitative estimate of drug-likeness (QED) is 0.585. The van der Waals surface area contributed by atoms with Gasteiger partial charge in [0.05, 0.1) is 23.7 Å². The smallest absolute Gasteiger partial charge is 0.257 e. The second kappa shape index (κ2) is 7.16. The highest BCUT2D eigenvalue weighted by atomic mass is 16.2. The highest BCUT2D eigenvalue weighted by Gasteiger charge is 2.29. The number of aromatic amines is 1. The van der Waals surface area contributed by atoms with E-state index in [2.05, 4.69) is 32.4 Å². The van der Waals surface area contributed by atoms with Crippen molar-refractivity contribution in [3.05, 3.63) is 71.9 Å². The molecule has 4 aromatic rings. The summed E-state index contributed by atoms with van der Waals surface area (Å²) >= 11 is 0. The number of aryl methyl sites for hydroxylation is 1. The molecule has 1 saturated heterocycles. The van der Waals surface area contributed by atoms with Gasteiger partial charge in [0.15, 0.2) is 5.65 Å². The highest BCUT2D eigenvalue weighted by Crippen LogP contribution is 2.33. The Morgan fingerprint density at radius 2 is 2.03 bits per heavy atom. The first-order valence-electron chi connectivity index (χ1n) is 9.89. The van der Waals surface area contributed by atoms with E-state index in [0.29, 0.717) is 12.1 Å². The van der Waals surface area contributed by atoms with E-state index in [-0.39, 0.29) is 11.8 Å². The van der Waals surface area contributed by atoms with Crippen LogP contribution in [-0.4, -0.2) is 48.7 Å². The predicted molar refractivity (Wildman–Crippen MR) is 110 cm³/mol. The number of nitrogens with zero attached hydrogens (tertiary/aromatic N) is 5. The van der Waals surface area contributed by atoms with Crippen LogP contribution in [0.3, 0.4) is 0 Å². The maximum atomic E-state index is 13.3. The molecular formula is C22H22N6O. The van der Waals surface area contributed by atoms with E-state index in [1.165, 1.54) is 0 Å². The van der Waals surface area contributed by atoms with Crippen molar-refractivity contribution in [3.8, 4) is 11.1 Å². The van der Waals surface area contributed by atoms with Gasteiger partial charge in [0.25, 0.3) is 5.91 Å². The molecule has 146 valence electrons. The van der Waals surface area contributed by atoms with E-state index in [1.807, 2.05) is 42.3 Å². The number of rotatable bonds is 3. The molecule has 1 atom stereocenters. The third-order valence-electron chi connectivity index (χ3n) is 5.76. The molecule has 0 spiro atoms. The van der Waals surface area contributed by atoms with Gasteiger partial charge in [-0.2, -0.15) is 10.2 Å². The Hall–Kier alpha value is -3.48. The van der Waals surface area contributed by atoms with Gasteiger partial charge < -0.3 is 4.90 Å². The van der Waals surface area contributed by atoms with Crippen molar-refractivity contribution in [3.63, 3.8) is 0 Å². The molecule has 0 aliphatic carbocycles. The standard InChI is InChI=1S/C22H22N6O/c1-15-18(12-23-20-9-10-25-28(15)20)22(29)27-11-5-8-17(14-27)21-19(13-24-26-21)16-6-3-2-4-7-16/h2-4,6-7,9-10,12-13,17H,5,8,11,14H2,1H3,(H,24,26)/t17-/m1/s1. The summed E-state index contributed by atoms with van der Waals surface area (Å²) < 4.78 is 1.72. The zero-order valence-electron chi connectivity index (χ0n) is 16.2. The lowest BCUT2D eigenvalue weighted by Crippen LogP contribution is -2.39. The first-order valence-corrected chi connectivity index (χ1v) is 9.89. The molecule has 1 N–H and O–H groups in total. The van der Waals surface area contributed by atoms with Gasteiger partial charge in [0, 0.05) is 42.5 Å². The number of aromatic nitrogens is 5. The maximum Gasteiger partial charge on any atom is 0.257 e. The largest absolute Gasteiger partial charge is 0.338 e. The summed E-state index contributed by atoms with van der Waals surface area (Å²) in [5.74, 6) is 0.241. The first kappa shape index (κ1) is 17.6. The zero-order valence-corrected chi connectivity index (χ0v) is 16.2. The van der Waals surface area contributed by atoms with Crippen LogP contribution in [0.2, 0.25) is 0 Å². The molecule has 0 radical (unpaired) electrons. The van der Waals surface area contributed by atoms with Crippen LogP contribution in [0.4, 0.5) is 0 Å². The van der Waals surface area contributed by atoms with Gasteiger partial charge in [-0.15, -0.1) is 0 Å². The molecule has 3 aromatic heterocycles. The monoisotopic (exact) mass is 386 g/mol. The molecule has 7 heteroatoms. The topological polar surface area (TPSA) is 79.2 Å². The van der Waals surface area contributed by atoms with Crippen molar-refractivity contribution in [2.75, 3.05) is 13.1 Å². The molecule has 1 amide bonds. The lowest BCUT2D eigenvalue weighted by molar-refractivity contribution is 0.0704. The van der Waals surface area contributed by atoms with Crippen molar-refractivity contribution in [2.45, 2.75) is 25.7 Å². The molecule has 1 fully saturated rings. The Labute approximate surface area is 168 Å². The lowest BCUT2D eigenvalue weighted by Gasteiger charge is -2.33. The minimum atomic E-state index is 0.0119. The molecule has 1 aliphatic rings. The normalized spacial score (nSPS) is 17.0. The number of nitrogens with one attached hydrogen (secondary N) is 1. The SMILES string of the molecule is Cc1c(C(=O)N2CCC[C@@H](c3[nH]ncc3-c3ccccc3)C2)cnc2ccnn12. The third kappa shape index (κ3) is 3.08. The fourth-order valence-corrected chi connectivity index (χ4v) is 4.22. The lowest BCUT2D eigenvalue weighted by atomic mass is 9.90. The van der Waals surface area contributed by atoms with Crippen LogP contribution in [0.5, 0.6) is 0 Å². The highest BCUT2D eigenvalue weighted by molar-refractivity contribution is 5.95. The van der Waals surface area contributed by atoms with E-state index in [4.69, 9.17) is 0 Å². The Bertz CT molecular complexity index is 1160. The van der Waals surface area contributed by atoms with E-state index in [1.54, 1.807) is 16.9 Å². The van der Waals surface area contributed by atoms with E-state index < -0.39 is 0 Å². The fourth-order valence-electron chi connectivity index (χ4n) is 4.22. The molecular weight excluding hydrogens is 364 g/mol. The van der Waals surface area contributed by atoms with Crippen LogP contribution in [0.25, 0.3) is 16.8 Å². The second-order valence-corrected chi connectivity index (χ2v) is 7.51. The fraction of sp³-hybridized carbons (Fsp3) is 0.273. The Morgan fingerprint density at radius 3 is 2.90 bits per heavy atom. The number of benzene rings is 1. The number of fused-ring (bicyclic) bond motifs is 1. The molecule has 29 heavy (non-hydrogen) atoms. The maximum absolute atomic E-state index is 13.3. The van der Waals surface area contributed by atoms with Gasteiger partial charge in [-0.05, 0) is 25.3 Å². The predicted octanol–water partition coefficient (Wildman–Crippen LogP) is 3.45. The summed E-state index contributed by atoms with van der Waals surface area (Å²) in [6.07, 6.45) is 7.24. The van der Waals surface area contributed by atoms with Crippen LogP contribution in [0.15, 0.2) is 55.0 Å². The summed E-state index contributed by atoms with van der Waals surface area (Å²) in [6, 6.07) is 12.1. The Kier molecular flexibility index (Phi) is 4.35. The number of carbonyl (C=O) groups is 1. The van der Waals surface area contributed by atoms with Crippen molar-refractivity contribution in [2.24, 2.45) is 0 Å². The Morgan fingerprint density at radius 1 is 1.17 bits per heavy atom. The molecule has 0 bridgehead atoms. The van der Waals surface area contributed by atoms with Crippen LogP contribution in [-0.2, 0) is 0 Å². The van der Waals surface area contributed by atoms with Crippen molar-refractivity contribution in [1.29, 1.82) is 0 Å². The second-order valence-electron chi connectivity index (χ2n) is 7.51. The summed E-state index contributed by atoms with van der Waals surface area (Å²) in [5.41, 5.74) is 5.53. The van der Waals surface area contributed by atoms with Gasteiger partial charge in [-0.25, -0.2) is 9.50 Å². The van der Waals surface area contributed by atoms with Crippen molar-refractivity contribution < 1.29 is 4.79 Å². The number of H-pyrrole nitrogens is 1. The van der Waals surface area contributed by atoms with Crippen molar-refractivity contribution in [1.82, 2.24) is 29.7 Å². The van der Waals surface area contributed by atoms with Gasteiger partial charge >= 0.3 is 0 Å². The summed E-state index contributed by atoms with van der Waals surface area (Å²) in [5, 5.41) is 11.8. The van der Waals surface area contributed by atoms with Crippen LogP contribution >= 0.6 is 0 Å². The molecule has 0 saturated carbocycles. The summed E-state index contributed by atoms with van der Waals surface area (Å²) in [4.78, 5) is 19.6. The Balaban J connectivity index is 1.42. The van der Waals surface area contributed by atoms with Crippen molar-refractivity contribution >= 4 is 11.6 Å². The van der Waals surface area contributed by atoms with E-state index >= 15 is 0 Å². The number of piperidine rings is 1. The minimum Gasteiger partial charge on any atom is -0.338 e. The summed E-state index contributed by atoms with van der Waals surface area (Å²) in [6.45, 7) is 3.33. The number of likely N-dealkylation sites (tertiary alicyclic amines) is 1. The van der Waals surface area contributed by atoms with Crippen LogP contribution < -0.4 is 0 Å². The minimum absolute atomic E-state index is 0.0119. The van der Waals surface area contributed by atoms with Gasteiger partial charge in [-0.3, -0.25) is 9.89 Å². The van der Waals surface area contributed by atoms with Gasteiger partial charge in [0.2, 0.25) is 0 Å². The molecule has 4 heterocycles. The molecule has 1 aromatic carbocycles. The third-order valence-corrected chi connectivity index (χ3v) is 5.76.